The minimum atomic E-state index is -0.000868. The second kappa shape index (κ2) is 4.73. The molecule has 2 aliphatic heterocycles. The Kier molecular flexibility index (Phi) is 2.96. The van der Waals surface area contributed by atoms with Gasteiger partial charge in [0, 0.05) is 18.7 Å². The molecule has 1 saturated carbocycles. The summed E-state index contributed by atoms with van der Waals surface area (Å²) in [6, 6.07) is 2.71. The fourth-order valence-corrected chi connectivity index (χ4v) is 3.61. The summed E-state index contributed by atoms with van der Waals surface area (Å²) < 4.78 is 7.47. The van der Waals surface area contributed by atoms with Crippen molar-refractivity contribution in [3.8, 4) is 0 Å². The lowest BCUT2D eigenvalue weighted by atomic mass is 10.0. The van der Waals surface area contributed by atoms with Gasteiger partial charge >= 0.3 is 0 Å². The summed E-state index contributed by atoms with van der Waals surface area (Å²) in [4.78, 5) is 14.5. The summed E-state index contributed by atoms with van der Waals surface area (Å²) >= 11 is 0. The molecule has 6 heteroatoms. The normalized spacial score (nSPS) is 32.8. The van der Waals surface area contributed by atoms with Crippen molar-refractivity contribution in [2.45, 2.75) is 44.8 Å². The molecule has 2 fully saturated rings. The maximum atomic E-state index is 12.2. The Morgan fingerprint density at radius 3 is 2.90 bits per heavy atom. The van der Waals surface area contributed by atoms with Crippen LogP contribution in [0.15, 0.2) is 6.07 Å². The summed E-state index contributed by atoms with van der Waals surface area (Å²) in [5, 5.41) is 7.89. The second-order valence-corrected chi connectivity index (χ2v) is 6.54. The fourth-order valence-electron chi connectivity index (χ4n) is 3.61. The molecule has 0 radical (unpaired) electrons. The van der Waals surface area contributed by atoms with Crippen molar-refractivity contribution in [3.63, 3.8) is 0 Å². The van der Waals surface area contributed by atoms with Gasteiger partial charge in [-0.25, -0.2) is 0 Å². The quantitative estimate of drug-likeness (QED) is 0.889. The first-order valence-corrected chi connectivity index (χ1v) is 7.90. The topological polar surface area (TPSA) is 59.4 Å². The van der Waals surface area contributed by atoms with E-state index in [4.69, 9.17) is 9.84 Å². The predicted octanol–water partition coefficient (Wildman–Crippen LogP) is 1.19. The predicted molar refractivity (Wildman–Crippen MR) is 78.5 cm³/mol. The molecule has 1 N–H and O–H groups in total. The highest BCUT2D eigenvalue weighted by Gasteiger charge is 2.42. The summed E-state index contributed by atoms with van der Waals surface area (Å²) in [5.41, 5.74) is 0.707. The molecule has 3 aliphatic rings. The highest BCUT2D eigenvalue weighted by Crippen LogP contribution is 2.43. The molecule has 0 unspecified atom stereocenters. The fraction of sp³-hybridized carbons (Fsp3) is 0.733. The lowest BCUT2D eigenvalue weighted by Crippen LogP contribution is -2.47. The Bertz CT molecular complexity index is 566. The number of morpholine rings is 1. The van der Waals surface area contributed by atoms with Gasteiger partial charge in [0.15, 0.2) is 5.82 Å². The molecule has 6 nitrogen and oxygen atoms in total. The van der Waals surface area contributed by atoms with Crippen molar-refractivity contribution in [2.24, 2.45) is 5.92 Å². The summed E-state index contributed by atoms with van der Waals surface area (Å²) in [5.74, 6) is 1.57. The van der Waals surface area contributed by atoms with Crippen LogP contribution in [0.4, 0.5) is 5.82 Å². The van der Waals surface area contributed by atoms with E-state index in [1.807, 2.05) is 10.7 Å². The van der Waals surface area contributed by atoms with Crippen LogP contribution in [0.25, 0.3) is 0 Å². The van der Waals surface area contributed by atoms with Gasteiger partial charge in [0.25, 0.3) is 5.91 Å². The molecular formula is C15H22N4O2. The largest absolute Gasteiger partial charge is 0.377 e. The first-order chi connectivity index (χ1) is 10.1. The standard InChI is InChI=1S/C15H22N4O2/c1-9-8-21-6-5-18(9)13-7-12-15(20)16-10(2)14(11-3-4-11)19(12)17-13/h7,9-11,14H,3-6,8H2,1-2H3,(H,16,20)/t9-,10-,14+/m1/s1. The Hall–Kier alpha value is -1.56. The Morgan fingerprint density at radius 2 is 2.19 bits per heavy atom. The smallest absolute Gasteiger partial charge is 0.269 e. The van der Waals surface area contributed by atoms with E-state index in [0.717, 1.165) is 25.6 Å². The van der Waals surface area contributed by atoms with Crippen molar-refractivity contribution in [3.05, 3.63) is 11.8 Å². The van der Waals surface area contributed by atoms with Crippen molar-refractivity contribution in [1.82, 2.24) is 15.1 Å². The number of ether oxygens (including phenoxy) is 1. The van der Waals surface area contributed by atoms with Crippen LogP contribution in [0.1, 0.15) is 43.2 Å². The number of hydrogen-bond donors (Lipinski definition) is 1. The van der Waals surface area contributed by atoms with Crippen molar-refractivity contribution in [1.29, 1.82) is 0 Å². The maximum absolute atomic E-state index is 12.2. The van der Waals surface area contributed by atoms with Gasteiger partial charge in [0.2, 0.25) is 0 Å². The maximum Gasteiger partial charge on any atom is 0.269 e. The third kappa shape index (κ3) is 2.12. The molecule has 1 aliphatic carbocycles. The zero-order chi connectivity index (χ0) is 14.6. The average molecular weight is 290 g/mol. The number of fused-ring (bicyclic) bond motifs is 1. The van der Waals surface area contributed by atoms with Gasteiger partial charge in [-0.15, -0.1) is 0 Å². The number of hydrogen-bond acceptors (Lipinski definition) is 4. The number of nitrogens with zero attached hydrogens (tertiary/aromatic N) is 3. The molecular weight excluding hydrogens is 268 g/mol. The van der Waals surface area contributed by atoms with Gasteiger partial charge in [-0.2, -0.15) is 5.10 Å². The number of aromatic nitrogens is 2. The van der Waals surface area contributed by atoms with E-state index in [0.29, 0.717) is 23.7 Å². The number of nitrogens with one attached hydrogen (secondary N) is 1. The third-order valence-electron chi connectivity index (χ3n) is 4.88. The molecule has 0 aromatic carbocycles. The van der Waals surface area contributed by atoms with E-state index < -0.39 is 0 Å². The average Bonchev–Trinajstić information content (AvgIpc) is 3.17. The molecule has 0 spiro atoms. The van der Waals surface area contributed by atoms with Gasteiger partial charge in [-0.1, -0.05) is 0 Å². The third-order valence-corrected chi connectivity index (χ3v) is 4.88. The molecule has 0 bridgehead atoms. The van der Waals surface area contributed by atoms with Crippen LogP contribution in [-0.4, -0.2) is 47.5 Å². The van der Waals surface area contributed by atoms with Crippen molar-refractivity contribution in [2.75, 3.05) is 24.7 Å². The Morgan fingerprint density at radius 1 is 1.38 bits per heavy atom. The number of carbonyl (C=O) groups excluding carboxylic acids is 1. The molecule has 21 heavy (non-hydrogen) atoms. The van der Waals surface area contributed by atoms with Crippen molar-refractivity contribution < 1.29 is 9.53 Å². The molecule has 1 aromatic rings. The highest BCUT2D eigenvalue weighted by atomic mass is 16.5. The van der Waals surface area contributed by atoms with Gasteiger partial charge in [0.1, 0.15) is 5.69 Å². The van der Waals surface area contributed by atoms with Gasteiger partial charge in [-0.3, -0.25) is 9.48 Å². The number of amides is 1. The van der Waals surface area contributed by atoms with Crippen molar-refractivity contribution >= 4 is 11.7 Å². The van der Waals surface area contributed by atoms with E-state index in [1.165, 1.54) is 12.8 Å². The SMILES string of the molecule is C[C@@H]1COCCN1c1cc2n(n1)[C@H](C1CC1)[C@@H](C)NC2=O. The lowest BCUT2D eigenvalue weighted by molar-refractivity contribution is 0.0867. The summed E-state index contributed by atoms with van der Waals surface area (Å²) in [6.07, 6.45) is 2.49. The molecule has 1 aromatic heterocycles. The molecule has 114 valence electrons. The molecule has 3 heterocycles. The van der Waals surface area contributed by atoms with Gasteiger partial charge in [0.05, 0.1) is 25.3 Å². The summed E-state index contributed by atoms with van der Waals surface area (Å²) in [6.45, 7) is 6.50. The van der Waals surface area contributed by atoms with Crippen LogP contribution in [0, 0.1) is 5.92 Å². The monoisotopic (exact) mass is 290 g/mol. The summed E-state index contributed by atoms with van der Waals surface area (Å²) in [7, 11) is 0. The zero-order valence-corrected chi connectivity index (χ0v) is 12.6. The van der Waals surface area contributed by atoms with Crippen LogP contribution in [0.5, 0.6) is 0 Å². The first kappa shape index (κ1) is 13.1. The van der Waals surface area contributed by atoms with Crippen LogP contribution in [-0.2, 0) is 4.74 Å². The van der Waals surface area contributed by atoms with E-state index in [2.05, 4.69) is 24.1 Å². The number of carbonyl (C=O) groups is 1. The Balaban J connectivity index is 1.71. The minimum absolute atomic E-state index is 0.000868. The van der Waals surface area contributed by atoms with E-state index in [1.54, 1.807) is 0 Å². The van der Waals surface area contributed by atoms with E-state index in [-0.39, 0.29) is 11.9 Å². The molecule has 4 rings (SSSR count). The molecule has 1 saturated heterocycles. The van der Waals surface area contributed by atoms with Gasteiger partial charge in [-0.05, 0) is 32.6 Å². The molecule has 3 atom stereocenters. The van der Waals surface area contributed by atoms with Crippen LogP contribution in [0.3, 0.4) is 0 Å². The highest BCUT2D eigenvalue weighted by molar-refractivity contribution is 5.94. The van der Waals surface area contributed by atoms with Crippen LogP contribution in [0.2, 0.25) is 0 Å². The number of anilines is 1. The van der Waals surface area contributed by atoms with Crippen LogP contribution < -0.4 is 10.2 Å². The first-order valence-electron chi connectivity index (χ1n) is 7.90. The number of rotatable bonds is 2. The van der Waals surface area contributed by atoms with Gasteiger partial charge < -0.3 is 15.0 Å². The van der Waals surface area contributed by atoms with E-state index >= 15 is 0 Å². The Labute approximate surface area is 124 Å². The second-order valence-electron chi connectivity index (χ2n) is 6.54. The lowest BCUT2D eigenvalue weighted by Gasteiger charge is -2.33. The molecule has 1 amide bonds. The zero-order valence-electron chi connectivity index (χ0n) is 12.6. The van der Waals surface area contributed by atoms with E-state index in [9.17, 15) is 4.79 Å². The van der Waals surface area contributed by atoms with Crippen LogP contribution >= 0.6 is 0 Å². The minimum Gasteiger partial charge on any atom is -0.377 e.